The van der Waals surface area contributed by atoms with Crippen LogP contribution in [0.25, 0.3) is 6.08 Å². The maximum atomic E-state index is 13.3. The number of hydrogen-bond donors (Lipinski definition) is 2. The fourth-order valence-electron chi connectivity index (χ4n) is 7.29. The van der Waals surface area contributed by atoms with Gasteiger partial charge in [-0.25, -0.2) is 9.78 Å². The van der Waals surface area contributed by atoms with Crippen LogP contribution in [0.2, 0.25) is 0 Å². The molecule has 0 bridgehead atoms. The van der Waals surface area contributed by atoms with Crippen molar-refractivity contribution in [3.05, 3.63) is 23.3 Å². The van der Waals surface area contributed by atoms with E-state index in [1.807, 2.05) is 18.7 Å². The highest BCUT2D eigenvalue weighted by Gasteiger charge is 2.95. The van der Waals surface area contributed by atoms with Crippen molar-refractivity contribution in [2.75, 3.05) is 13.7 Å². The fraction of sp³-hybridized carbons (Fsp3) is 0.708. The molecule has 1 aromatic heterocycles. The third-order valence-corrected chi connectivity index (χ3v) is 9.06. The van der Waals surface area contributed by atoms with Crippen LogP contribution in [-0.2, 0) is 16.0 Å². The summed E-state index contributed by atoms with van der Waals surface area (Å²) in [6.07, 6.45) is 11.3. The molecule has 5 aliphatic rings. The number of carbonyl (C=O) groups excluding carboxylic acids is 2. The molecule has 5 atom stereocenters. The third kappa shape index (κ3) is 2.55. The van der Waals surface area contributed by atoms with E-state index in [0.29, 0.717) is 12.5 Å². The van der Waals surface area contributed by atoms with Crippen LogP contribution in [0.1, 0.15) is 69.2 Å². The van der Waals surface area contributed by atoms with Gasteiger partial charge in [0.25, 0.3) is 0 Å². The van der Waals surface area contributed by atoms with Crippen LogP contribution in [0, 0.1) is 28.6 Å². The highest BCUT2D eigenvalue weighted by Crippen LogP contribution is 3.02. The van der Waals surface area contributed by atoms with Gasteiger partial charge >= 0.3 is 6.09 Å². The average Bonchev–Trinajstić information content (AvgIpc) is 3.19. The Kier molecular flexibility index (Phi) is 3.98. The van der Waals surface area contributed by atoms with Crippen LogP contribution >= 0.6 is 0 Å². The molecule has 1 aromatic rings. The number of ether oxygens (including phenoxy) is 1. The van der Waals surface area contributed by atoms with Gasteiger partial charge in [0.15, 0.2) is 0 Å². The zero-order valence-corrected chi connectivity index (χ0v) is 18.6. The van der Waals surface area contributed by atoms with E-state index in [2.05, 4.69) is 22.5 Å². The minimum atomic E-state index is -0.600. The molecule has 4 fully saturated rings. The number of methoxy groups -OCH3 is 1. The second-order valence-corrected chi connectivity index (χ2v) is 10.7. The number of H-pyrrole nitrogens is 1. The predicted octanol–water partition coefficient (Wildman–Crippen LogP) is 3.44. The second kappa shape index (κ2) is 6.36. The molecule has 166 valence electrons. The highest BCUT2D eigenvalue weighted by atomic mass is 16.5. The molecular formula is C24H32N4O3. The lowest BCUT2D eigenvalue weighted by molar-refractivity contribution is -0.135. The topological polar surface area (TPSA) is 87.3 Å². The number of likely N-dealkylation sites (tertiary alicyclic amines) is 1. The van der Waals surface area contributed by atoms with E-state index < -0.39 is 12.1 Å². The molecular weight excluding hydrogens is 392 g/mol. The lowest BCUT2D eigenvalue weighted by atomic mass is 9.85. The van der Waals surface area contributed by atoms with E-state index in [-0.39, 0.29) is 17.9 Å². The summed E-state index contributed by atoms with van der Waals surface area (Å²) in [4.78, 5) is 35.5. The van der Waals surface area contributed by atoms with Crippen molar-refractivity contribution in [2.45, 2.75) is 64.5 Å². The van der Waals surface area contributed by atoms with Crippen molar-refractivity contribution >= 4 is 18.1 Å². The van der Waals surface area contributed by atoms with Crippen molar-refractivity contribution in [3.63, 3.8) is 0 Å². The van der Waals surface area contributed by atoms with Crippen LogP contribution in [-0.4, -0.2) is 46.6 Å². The molecule has 2 heterocycles. The number of aromatic amines is 1. The molecule has 1 aliphatic heterocycles. The van der Waals surface area contributed by atoms with Gasteiger partial charge in [-0.1, -0.05) is 19.9 Å². The minimum absolute atomic E-state index is 0.0274. The van der Waals surface area contributed by atoms with Gasteiger partial charge in [0.2, 0.25) is 5.91 Å². The third-order valence-electron chi connectivity index (χ3n) is 9.06. The molecule has 0 aromatic carbocycles. The number of nitrogens with one attached hydrogen (secondary N) is 2. The first kappa shape index (κ1) is 19.4. The number of imidazole rings is 1. The van der Waals surface area contributed by atoms with Gasteiger partial charge in [-0.05, 0) is 73.2 Å². The number of carbonyl (C=O) groups is 2. The Morgan fingerprint density at radius 2 is 2.10 bits per heavy atom. The SMILES string of the molecule is COC(=O)N[C@H](C(=O)N1CCC[C@H]1c1nc2c([nH]1)C=CC(C1C34CCC13C4)C2)C(C)C. The zero-order chi connectivity index (χ0) is 21.5. The van der Waals surface area contributed by atoms with E-state index in [1.54, 1.807) is 0 Å². The molecule has 0 radical (unpaired) electrons. The largest absolute Gasteiger partial charge is 0.453 e. The Morgan fingerprint density at radius 3 is 2.74 bits per heavy atom. The highest BCUT2D eigenvalue weighted by molar-refractivity contribution is 5.86. The zero-order valence-electron chi connectivity index (χ0n) is 18.6. The van der Waals surface area contributed by atoms with E-state index >= 15 is 0 Å². The summed E-state index contributed by atoms with van der Waals surface area (Å²) in [5.74, 6) is 2.34. The summed E-state index contributed by atoms with van der Waals surface area (Å²) in [6, 6.07) is -0.661. The maximum Gasteiger partial charge on any atom is 0.407 e. The molecule has 2 N–H and O–H groups in total. The van der Waals surface area contributed by atoms with Crippen molar-refractivity contribution < 1.29 is 14.3 Å². The number of aromatic nitrogens is 2. The standard InChI is InChI=1S/C24H32N4O3/c1-13(2)18(27-22(30)31-3)21(29)28-10-4-5-17(28)20-25-15-7-6-14(11-16(15)26-20)19-23-8-9-24(19,23)12-23/h6-7,13-14,17-19H,4-5,8-12H2,1-3H3,(H,25,26)(H,27,30)/t14?,17-,18-,19?,23?,24?/m0/s1. The van der Waals surface area contributed by atoms with Crippen LogP contribution in [0.15, 0.2) is 6.08 Å². The molecule has 7 nitrogen and oxygen atoms in total. The summed E-state index contributed by atoms with van der Waals surface area (Å²) in [5, 5.41) is 2.72. The van der Waals surface area contributed by atoms with Crippen molar-refractivity contribution in [2.24, 2.45) is 28.6 Å². The van der Waals surface area contributed by atoms with Crippen molar-refractivity contribution in [1.82, 2.24) is 20.2 Å². The van der Waals surface area contributed by atoms with Crippen molar-refractivity contribution in [3.8, 4) is 0 Å². The molecule has 0 spiro atoms. The lowest BCUT2D eigenvalue weighted by Gasteiger charge is -2.30. The van der Waals surface area contributed by atoms with Crippen molar-refractivity contribution in [1.29, 1.82) is 0 Å². The molecule has 1 saturated heterocycles. The van der Waals surface area contributed by atoms with Gasteiger partial charge < -0.3 is 19.9 Å². The van der Waals surface area contributed by atoms with Gasteiger partial charge in [0, 0.05) is 6.54 Å². The van der Waals surface area contributed by atoms with Crippen LogP contribution in [0.5, 0.6) is 0 Å². The summed E-state index contributed by atoms with van der Waals surface area (Å²) >= 11 is 0. The van der Waals surface area contributed by atoms with Crippen LogP contribution in [0.4, 0.5) is 4.79 Å². The Balaban J connectivity index is 1.18. The smallest absolute Gasteiger partial charge is 0.407 e. The number of rotatable bonds is 5. The number of fused-ring (bicyclic) bond motifs is 1. The molecule has 2 amide bonds. The molecule has 4 aliphatic carbocycles. The van der Waals surface area contributed by atoms with E-state index in [4.69, 9.17) is 9.72 Å². The number of alkyl carbamates (subject to hydrolysis) is 1. The number of nitrogens with zero attached hydrogens (tertiary/aromatic N) is 2. The van der Waals surface area contributed by atoms with Gasteiger partial charge in [-0.2, -0.15) is 0 Å². The molecule has 6 rings (SSSR count). The number of allylic oxidation sites excluding steroid dienone is 1. The van der Waals surface area contributed by atoms with E-state index in [0.717, 1.165) is 53.2 Å². The minimum Gasteiger partial charge on any atom is -0.453 e. The van der Waals surface area contributed by atoms with Crippen LogP contribution < -0.4 is 5.32 Å². The Hall–Kier alpha value is -2.31. The van der Waals surface area contributed by atoms with E-state index in [9.17, 15) is 9.59 Å². The van der Waals surface area contributed by atoms with E-state index in [1.165, 1.54) is 26.4 Å². The normalized spacial score (nSPS) is 37.4. The Bertz CT molecular complexity index is 959. The first-order valence-electron chi connectivity index (χ1n) is 11.8. The van der Waals surface area contributed by atoms with Gasteiger partial charge in [0.05, 0.1) is 24.5 Å². The van der Waals surface area contributed by atoms with Crippen LogP contribution in [0.3, 0.4) is 0 Å². The summed E-state index contributed by atoms with van der Waals surface area (Å²) in [6.45, 7) is 4.57. The van der Waals surface area contributed by atoms with Gasteiger partial charge in [-0.15, -0.1) is 0 Å². The summed E-state index contributed by atoms with van der Waals surface area (Å²) in [5.41, 5.74) is 3.72. The number of amides is 2. The maximum absolute atomic E-state index is 13.3. The molecule has 31 heavy (non-hydrogen) atoms. The lowest BCUT2D eigenvalue weighted by Crippen LogP contribution is -2.51. The predicted molar refractivity (Wildman–Crippen MR) is 115 cm³/mol. The molecule has 3 unspecified atom stereocenters. The Morgan fingerprint density at radius 1 is 1.32 bits per heavy atom. The molecule has 3 saturated carbocycles. The first-order chi connectivity index (χ1) is 14.9. The fourth-order valence-corrected chi connectivity index (χ4v) is 7.29. The first-order valence-corrected chi connectivity index (χ1v) is 11.8. The van der Waals surface area contributed by atoms with Gasteiger partial charge in [-0.3, -0.25) is 4.79 Å². The molecule has 7 heteroatoms. The quantitative estimate of drug-likeness (QED) is 0.758. The Labute approximate surface area is 183 Å². The van der Waals surface area contributed by atoms with Gasteiger partial charge in [0.1, 0.15) is 11.9 Å². The summed E-state index contributed by atoms with van der Waals surface area (Å²) < 4.78 is 4.73. The summed E-state index contributed by atoms with van der Waals surface area (Å²) in [7, 11) is 1.32. The second-order valence-electron chi connectivity index (χ2n) is 10.7. The number of hydrogen-bond acceptors (Lipinski definition) is 4. The monoisotopic (exact) mass is 424 g/mol. The average molecular weight is 425 g/mol.